The van der Waals surface area contributed by atoms with E-state index < -0.39 is 49.4 Å². The van der Waals surface area contributed by atoms with Crippen LogP contribution >= 0.6 is 0 Å². The number of hydrogen-bond donors (Lipinski definition) is 0. The standard InChI is InChI=1S/C21H29N5O2/c27-19-17-15-4-5-16(14-15)18(17)20(28)26(19)9-2-1-8-24-10-12-25(13-11-24)21-22-6-3-7-23-21/h3,6-7,15-18H,1-2,4-5,8-14H2/t15?,16?,17-,18+/i1D2,2D2,8D2,9D2. The largest absolute Gasteiger partial charge is 0.338 e. The second kappa shape index (κ2) is 7.43. The van der Waals surface area contributed by atoms with Crippen molar-refractivity contribution >= 4 is 17.8 Å². The zero-order valence-electron chi connectivity index (χ0n) is 23.5. The van der Waals surface area contributed by atoms with Crippen molar-refractivity contribution in [3.63, 3.8) is 0 Å². The molecular formula is C21H29N5O2. The molecule has 2 bridgehead atoms. The molecule has 7 heteroatoms. The third-order valence-electron chi connectivity index (χ3n) is 6.49. The lowest BCUT2D eigenvalue weighted by Gasteiger charge is -2.34. The predicted molar refractivity (Wildman–Crippen MR) is 104 cm³/mol. The summed E-state index contributed by atoms with van der Waals surface area (Å²) in [7, 11) is 0. The van der Waals surface area contributed by atoms with Gasteiger partial charge in [-0.15, -0.1) is 0 Å². The molecule has 7 nitrogen and oxygen atoms in total. The maximum atomic E-state index is 13.2. The Labute approximate surface area is 177 Å². The average molecular weight is 392 g/mol. The Morgan fingerprint density at radius 2 is 1.54 bits per heavy atom. The zero-order chi connectivity index (χ0) is 26.3. The lowest BCUT2D eigenvalue weighted by atomic mass is 9.81. The van der Waals surface area contributed by atoms with Crippen LogP contribution in [0.15, 0.2) is 18.5 Å². The summed E-state index contributed by atoms with van der Waals surface area (Å²) < 4.78 is 68.3. The third kappa shape index (κ3) is 3.09. The Bertz CT molecular complexity index is 1020. The fourth-order valence-electron chi connectivity index (χ4n) is 5.18. The number of hydrogen-bond acceptors (Lipinski definition) is 6. The Kier molecular flexibility index (Phi) is 2.98. The number of rotatable bonds is 6. The molecule has 4 fully saturated rings. The fourth-order valence-corrected chi connectivity index (χ4v) is 5.18. The summed E-state index contributed by atoms with van der Waals surface area (Å²) in [5, 5.41) is 0. The number of fused-ring (bicyclic) bond motifs is 5. The predicted octanol–water partition coefficient (Wildman–Crippen LogP) is 1.41. The summed E-state index contributed by atoms with van der Waals surface area (Å²) in [5.41, 5.74) is 0. The van der Waals surface area contributed by atoms with Gasteiger partial charge >= 0.3 is 0 Å². The van der Waals surface area contributed by atoms with Crippen LogP contribution in [0.5, 0.6) is 0 Å². The molecule has 2 amide bonds. The first kappa shape index (κ1) is 11.2. The van der Waals surface area contributed by atoms with E-state index >= 15 is 0 Å². The number of nitrogens with zero attached hydrogens (tertiary/aromatic N) is 5. The number of imide groups is 1. The van der Waals surface area contributed by atoms with Crippen LogP contribution in [0.2, 0.25) is 0 Å². The van der Waals surface area contributed by atoms with Gasteiger partial charge in [-0.1, -0.05) is 0 Å². The monoisotopic (exact) mass is 391 g/mol. The molecule has 4 aliphatic rings. The molecule has 1 aromatic heterocycles. The van der Waals surface area contributed by atoms with Gasteiger partial charge in [0.25, 0.3) is 0 Å². The maximum Gasteiger partial charge on any atom is 0.233 e. The van der Waals surface area contributed by atoms with Crippen LogP contribution in [-0.2, 0) is 9.59 Å². The van der Waals surface area contributed by atoms with Crippen LogP contribution in [0.25, 0.3) is 0 Å². The molecule has 1 aromatic rings. The number of aromatic nitrogens is 2. The topological polar surface area (TPSA) is 69.6 Å². The van der Waals surface area contributed by atoms with E-state index in [1.54, 1.807) is 23.4 Å². The zero-order valence-corrected chi connectivity index (χ0v) is 15.5. The van der Waals surface area contributed by atoms with Gasteiger partial charge in [-0.05, 0) is 56.4 Å². The molecule has 0 spiro atoms. The van der Waals surface area contributed by atoms with Crippen LogP contribution in [0, 0.1) is 23.7 Å². The van der Waals surface area contributed by atoms with Gasteiger partial charge in [-0.25, -0.2) is 9.97 Å². The van der Waals surface area contributed by atoms with Crippen molar-refractivity contribution in [2.75, 3.05) is 44.1 Å². The second-order valence-electron chi connectivity index (χ2n) is 7.89. The second-order valence-corrected chi connectivity index (χ2v) is 7.89. The minimum atomic E-state index is -3.55. The van der Waals surface area contributed by atoms with Gasteiger partial charge < -0.3 is 4.90 Å². The van der Waals surface area contributed by atoms with Crippen molar-refractivity contribution in [1.82, 2.24) is 19.8 Å². The van der Waals surface area contributed by atoms with Gasteiger partial charge in [0.15, 0.2) is 0 Å². The van der Waals surface area contributed by atoms with Crippen molar-refractivity contribution in [3.05, 3.63) is 18.5 Å². The first-order valence-electron chi connectivity index (χ1n) is 13.9. The highest BCUT2D eigenvalue weighted by Crippen LogP contribution is 2.56. The SMILES string of the molecule is [2H]C([2H])(N1CCN(c2ncccn2)CC1)C([2H])([2H])C([2H])([2H])C([2H])([2H])N1C(=O)[C@@H]2C3CCC(C3)[C@@H]2C1=O. The Morgan fingerprint density at radius 1 is 0.929 bits per heavy atom. The molecule has 2 saturated heterocycles. The van der Waals surface area contributed by atoms with Gasteiger partial charge in [0.05, 0.1) is 11.8 Å². The van der Waals surface area contributed by atoms with E-state index in [0.717, 1.165) is 24.2 Å². The quantitative estimate of drug-likeness (QED) is 0.683. The van der Waals surface area contributed by atoms with Crippen molar-refractivity contribution in [1.29, 1.82) is 0 Å². The summed E-state index contributed by atoms with van der Waals surface area (Å²) in [6.45, 7) is -5.80. The van der Waals surface area contributed by atoms with Crippen LogP contribution in [0.3, 0.4) is 0 Å². The van der Waals surface area contributed by atoms with Gasteiger partial charge in [-0.2, -0.15) is 0 Å². The van der Waals surface area contributed by atoms with E-state index in [-0.39, 0.29) is 42.9 Å². The molecular weight excluding hydrogens is 354 g/mol. The first-order chi connectivity index (χ1) is 16.7. The lowest BCUT2D eigenvalue weighted by Crippen LogP contribution is -2.47. The molecule has 4 atom stereocenters. The lowest BCUT2D eigenvalue weighted by molar-refractivity contribution is -0.140. The van der Waals surface area contributed by atoms with Crippen LogP contribution < -0.4 is 4.90 Å². The molecule has 2 aliphatic carbocycles. The molecule has 150 valence electrons. The molecule has 0 aromatic carbocycles. The van der Waals surface area contributed by atoms with Gasteiger partial charge in [0, 0.05) is 56.0 Å². The minimum Gasteiger partial charge on any atom is -0.338 e. The van der Waals surface area contributed by atoms with Crippen LogP contribution in [-0.4, -0.2) is 70.8 Å². The number of carbonyl (C=O) groups excluding carboxylic acids is 2. The molecule has 2 saturated carbocycles. The highest BCUT2D eigenvalue weighted by Gasteiger charge is 2.60. The van der Waals surface area contributed by atoms with E-state index in [1.807, 2.05) is 0 Å². The molecule has 28 heavy (non-hydrogen) atoms. The van der Waals surface area contributed by atoms with Gasteiger partial charge in [0.1, 0.15) is 0 Å². The molecule has 5 rings (SSSR count). The maximum absolute atomic E-state index is 13.2. The van der Waals surface area contributed by atoms with Crippen molar-refractivity contribution in [2.45, 2.75) is 32.0 Å². The summed E-state index contributed by atoms with van der Waals surface area (Å²) in [4.78, 5) is 37.9. The summed E-state index contributed by atoms with van der Waals surface area (Å²) in [6, 6.07) is 1.66. The molecule has 0 radical (unpaired) electrons. The normalized spacial score (nSPS) is 38.7. The highest BCUT2D eigenvalue weighted by atomic mass is 16.2. The van der Waals surface area contributed by atoms with Crippen molar-refractivity contribution in [3.8, 4) is 0 Å². The number of likely N-dealkylation sites (tertiary alicyclic amines) is 1. The summed E-state index contributed by atoms with van der Waals surface area (Å²) >= 11 is 0. The van der Waals surface area contributed by atoms with Crippen LogP contribution in [0.1, 0.15) is 43.0 Å². The number of piperazine rings is 1. The molecule has 2 unspecified atom stereocenters. The van der Waals surface area contributed by atoms with E-state index in [2.05, 4.69) is 9.97 Å². The fraction of sp³-hybridized carbons (Fsp3) is 0.714. The van der Waals surface area contributed by atoms with Crippen LogP contribution in [0.4, 0.5) is 5.95 Å². The molecule has 3 heterocycles. The number of carbonyl (C=O) groups is 2. The van der Waals surface area contributed by atoms with E-state index in [4.69, 9.17) is 11.0 Å². The third-order valence-corrected chi connectivity index (χ3v) is 6.49. The Balaban J connectivity index is 1.37. The van der Waals surface area contributed by atoms with Gasteiger partial charge in [-0.3, -0.25) is 19.4 Å². The average Bonchev–Trinajstić information content (AvgIpc) is 3.53. The summed E-state index contributed by atoms with van der Waals surface area (Å²) in [5.74, 6) is -2.65. The highest BCUT2D eigenvalue weighted by molar-refractivity contribution is 6.06. The minimum absolute atomic E-state index is 0.0128. The van der Waals surface area contributed by atoms with Crippen molar-refractivity contribution in [2.24, 2.45) is 23.7 Å². The number of amides is 2. The summed E-state index contributed by atoms with van der Waals surface area (Å²) in [6.07, 6.45) is -1.58. The van der Waals surface area contributed by atoms with Crippen molar-refractivity contribution < 1.29 is 20.6 Å². The van der Waals surface area contributed by atoms with E-state index in [1.165, 1.54) is 0 Å². The molecule has 0 N–H and O–H groups in total. The Hall–Kier alpha value is -2.02. The Morgan fingerprint density at radius 3 is 2.18 bits per heavy atom. The molecule has 2 aliphatic heterocycles. The van der Waals surface area contributed by atoms with E-state index in [0.29, 0.717) is 5.95 Å². The first-order valence-corrected chi connectivity index (χ1v) is 9.88. The smallest absolute Gasteiger partial charge is 0.233 e. The van der Waals surface area contributed by atoms with Gasteiger partial charge in [0.2, 0.25) is 17.8 Å². The number of anilines is 1. The van der Waals surface area contributed by atoms with E-state index in [9.17, 15) is 9.59 Å².